The standard InChI is InChI=1S/C10H18N4O3/c1-2-14(3-5-17-6-4-15)10(16)8-7-12-13-9(8)11/h7,15H,2-6H2,1H3,(H3,11,12,13). The summed E-state index contributed by atoms with van der Waals surface area (Å²) in [5, 5.41) is 14.8. The Morgan fingerprint density at radius 3 is 2.94 bits per heavy atom. The minimum absolute atomic E-state index is 0.0191. The third kappa shape index (κ3) is 3.72. The Kier molecular flexibility index (Phi) is 5.44. The van der Waals surface area contributed by atoms with Crippen LogP contribution >= 0.6 is 0 Å². The van der Waals surface area contributed by atoms with Crippen molar-refractivity contribution in [1.29, 1.82) is 0 Å². The van der Waals surface area contributed by atoms with Crippen molar-refractivity contribution in [3.63, 3.8) is 0 Å². The lowest BCUT2D eigenvalue weighted by molar-refractivity contribution is 0.0580. The molecule has 0 saturated carbocycles. The van der Waals surface area contributed by atoms with Crippen molar-refractivity contribution in [1.82, 2.24) is 15.1 Å². The van der Waals surface area contributed by atoms with E-state index in [1.807, 2.05) is 6.92 Å². The van der Waals surface area contributed by atoms with Crippen LogP contribution in [0.25, 0.3) is 0 Å². The molecular formula is C10H18N4O3. The highest BCUT2D eigenvalue weighted by molar-refractivity contribution is 5.98. The highest BCUT2D eigenvalue weighted by Crippen LogP contribution is 2.09. The predicted molar refractivity (Wildman–Crippen MR) is 62.5 cm³/mol. The van der Waals surface area contributed by atoms with Crippen LogP contribution in [0, 0.1) is 0 Å². The number of nitrogens with two attached hydrogens (primary N) is 1. The second kappa shape index (κ2) is 6.87. The number of anilines is 1. The van der Waals surface area contributed by atoms with Crippen molar-refractivity contribution in [2.45, 2.75) is 6.92 Å². The lowest BCUT2D eigenvalue weighted by Gasteiger charge is -2.20. The number of carbonyl (C=O) groups excluding carboxylic acids is 1. The van der Waals surface area contributed by atoms with Crippen LogP contribution in [0.1, 0.15) is 17.3 Å². The Balaban J connectivity index is 2.50. The van der Waals surface area contributed by atoms with E-state index in [9.17, 15) is 4.79 Å². The molecule has 0 fully saturated rings. The lowest BCUT2D eigenvalue weighted by Crippen LogP contribution is -2.34. The molecule has 0 spiro atoms. The Bertz CT molecular complexity index is 353. The molecule has 0 unspecified atom stereocenters. The first-order chi connectivity index (χ1) is 8.20. The van der Waals surface area contributed by atoms with Crippen molar-refractivity contribution in [2.75, 3.05) is 38.6 Å². The number of aromatic amines is 1. The summed E-state index contributed by atoms with van der Waals surface area (Å²) in [7, 11) is 0. The number of ether oxygens (including phenoxy) is 1. The number of aliphatic hydroxyl groups excluding tert-OH is 1. The molecule has 0 aliphatic heterocycles. The Morgan fingerprint density at radius 1 is 1.65 bits per heavy atom. The zero-order chi connectivity index (χ0) is 12.7. The maximum absolute atomic E-state index is 12.0. The number of aliphatic hydroxyl groups is 1. The van der Waals surface area contributed by atoms with Crippen LogP contribution in [0.4, 0.5) is 5.82 Å². The Morgan fingerprint density at radius 2 is 2.41 bits per heavy atom. The molecule has 17 heavy (non-hydrogen) atoms. The van der Waals surface area contributed by atoms with Crippen molar-refractivity contribution >= 4 is 11.7 Å². The Labute approximate surface area is 99.6 Å². The molecule has 1 aromatic rings. The van der Waals surface area contributed by atoms with E-state index in [1.54, 1.807) is 4.90 Å². The van der Waals surface area contributed by atoms with Gasteiger partial charge in [0.1, 0.15) is 11.4 Å². The molecule has 7 heteroatoms. The molecule has 1 aromatic heterocycles. The monoisotopic (exact) mass is 242 g/mol. The molecule has 0 bridgehead atoms. The minimum Gasteiger partial charge on any atom is -0.394 e. The third-order valence-corrected chi connectivity index (χ3v) is 2.31. The van der Waals surface area contributed by atoms with Gasteiger partial charge in [0, 0.05) is 13.1 Å². The smallest absolute Gasteiger partial charge is 0.259 e. The first-order valence-corrected chi connectivity index (χ1v) is 5.47. The average molecular weight is 242 g/mol. The fourth-order valence-corrected chi connectivity index (χ4v) is 1.38. The summed E-state index contributed by atoms with van der Waals surface area (Å²) in [6.45, 7) is 3.54. The number of nitrogens with zero attached hydrogens (tertiary/aromatic N) is 2. The van der Waals surface area contributed by atoms with Gasteiger partial charge in [-0.05, 0) is 6.92 Å². The number of nitrogen functional groups attached to an aromatic ring is 1. The molecule has 0 radical (unpaired) electrons. The quantitative estimate of drug-likeness (QED) is 0.557. The van der Waals surface area contributed by atoms with Gasteiger partial charge in [0.05, 0.1) is 26.0 Å². The van der Waals surface area contributed by atoms with Gasteiger partial charge in [0.15, 0.2) is 0 Å². The van der Waals surface area contributed by atoms with Gasteiger partial charge in [0.2, 0.25) is 0 Å². The molecule has 1 heterocycles. The van der Waals surface area contributed by atoms with E-state index in [0.717, 1.165) is 0 Å². The first kappa shape index (κ1) is 13.5. The second-order valence-electron chi connectivity index (χ2n) is 3.42. The molecule has 1 amide bonds. The SMILES string of the molecule is CCN(CCOCCO)C(=O)c1cn[nH]c1N. The third-order valence-electron chi connectivity index (χ3n) is 2.31. The van der Waals surface area contributed by atoms with Gasteiger partial charge in [-0.3, -0.25) is 9.89 Å². The molecule has 4 N–H and O–H groups in total. The number of amides is 1. The van der Waals surface area contributed by atoms with Gasteiger partial charge >= 0.3 is 0 Å². The molecule has 7 nitrogen and oxygen atoms in total. The largest absolute Gasteiger partial charge is 0.394 e. The summed E-state index contributed by atoms with van der Waals surface area (Å²) in [5.74, 6) is 0.0936. The fraction of sp³-hybridized carbons (Fsp3) is 0.600. The number of nitrogens with one attached hydrogen (secondary N) is 1. The van der Waals surface area contributed by atoms with E-state index in [-0.39, 0.29) is 24.9 Å². The highest BCUT2D eigenvalue weighted by Gasteiger charge is 2.17. The first-order valence-electron chi connectivity index (χ1n) is 5.47. The summed E-state index contributed by atoms with van der Waals surface area (Å²) in [4.78, 5) is 13.6. The zero-order valence-electron chi connectivity index (χ0n) is 9.85. The summed E-state index contributed by atoms with van der Waals surface area (Å²) in [5.41, 5.74) is 5.95. The number of hydrogen-bond acceptors (Lipinski definition) is 5. The van der Waals surface area contributed by atoms with E-state index in [2.05, 4.69) is 10.2 Å². The topological polar surface area (TPSA) is 104 Å². The van der Waals surface area contributed by atoms with Gasteiger partial charge in [0.25, 0.3) is 5.91 Å². The molecule has 0 saturated heterocycles. The zero-order valence-corrected chi connectivity index (χ0v) is 9.85. The predicted octanol–water partition coefficient (Wildman–Crippen LogP) is -0.537. The maximum Gasteiger partial charge on any atom is 0.259 e. The summed E-state index contributed by atoms with van der Waals surface area (Å²) in [6.07, 6.45) is 1.41. The van der Waals surface area contributed by atoms with E-state index in [0.29, 0.717) is 25.3 Å². The fourth-order valence-electron chi connectivity index (χ4n) is 1.38. The average Bonchev–Trinajstić information content (AvgIpc) is 2.75. The van der Waals surface area contributed by atoms with E-state index in [4.69, 9.17) is 15.6 Å². The number of hydrogen-bond donors (Lipinski definition) is 3. The lowest BCUT2D eigenvalue weighted by atomic mass is 10.3. The maximum atomic E-state index is 12.0. The molecule has 0 aliphatic rings. The highest BCUT2D eigenvalue weighted by atomic mass is 16.5. The van der Waals surface area contributed by atoms with Crippen LogP contribution in [-0.4, -0.2) is 59.0 Å². The molecule has 1 rings (SSSR count). The van der Waals surface area contributed by atoms with Crippen LogP contribution in [-0.2, 0) is 4.74 Å². The van der Waals surface area contributed by atoms with Crippen LogP contribution in [0.2, 0.25) is 0 Å². The van der Waals surface area contributed by atoms with Crippen molar-refractivity contribution in [3.05, 3.63) is 11.8 Å². The van der Waals surface area contributed by atoms with Crippen LogP contribution < -0.4 is 5.73 Å². The summed E-state index contributed by atoms with van der Waals surface area (Å²) in [6, 6.07) is 0. The number of likely N-dealkylation sites (N-methyl/N-ethyl adjacent to an activating group) is 1. The second-order valence-corrected chi connectivity index (χ2v) is 3.42. The number of aromatic nitrogens is 2. The number of H-pyrrole nitrogens is 1. The molecule has 0 aliphatic carbocycles. The van der Waals surface area contributed by atoms with Crippen LogP contribution in [0.3, 0.4) is 0 Å². The van der Waals surface area contributed by atoms with Crippen molar-refractivity contribution in [3.8, 4) is 0 Å². The number of carbonyl (C=O) groups is 1. The van der Waals surface area contributed by atoms with Gasteiger partial charge < -0.3 is 20.5 Å². The summed E-state index contributed by atoms with van der Waals surface area (Å²) < 4.78 is 5.11. The molecule has 96 valence electrons. The minimum atomic E-state index is -0.175. The molecular weight excluding hydrogens is 224 g/mol. The van der Waals surface area contributed by atoms with Gasteiger partial charge in [-0.1, -0.05) is 0 Å². The van der Waals surface area contributed by atoms with E-state index < -0.39 is 0 Å². The van der Waals surface area contributed by atoms with Crippen LogP contribution in [0.5, 0.6) is 0 Å². The van der Waals surface area contributed by atoms with Crippen LogP contribution in [0.15, 0.2) is 6.20 Å². The Hall–Kier alpha value is -1.60. The molecule has 0 aromatic carbocycles. The van der Waals surface area contributed by atoms with Gasteiger partial charge in [-0.25, -0.2) is 0 Å². The van der Waals surface area contributed by atoms with E-state index in [1.165, 1.54) is 6.20 Å². The van der Waals surface area contributed by atoms with Crippen molar-refractivity contribution < 1.29 is 14.6 Å². The van der Waals surface area contributed by atoms with Gasteiger partial charge in [-0.15, -0.1) is 0 Å². The van der Waals surface area contributed by atoms with E-state index >= 15 is 0 Å². The number of rotatable bonds is 7. The normalized spacial score (nSPS) is 10.5. The van der Waals surface area contributed by atoms with Gasteiger partial charge in [-0.2, -0.15) is 5.10 Å². The summed E-state index contributed by atoms with van der Waals surface area (Å²) >= 11 is 0. The molecule has 0 atom stereocenters. The van der Waals surface area contributed by atoms with Crippen molar-refractivity contribution in [2.24, 2.45) is 0 Å².